The Hall–Kier alpha value is -2.25. The summed E-state index contributed by atoms with van der Waals surface area (Å²) in [6.45, 7) is 3.10. The Morgan fingerprint density at radius 3 is 2.48 bits per heavy atom. The van der Waals surface area contributed by atoms with Crippen LogP contribution >= 0.6 is 11.6 Å². The highest BCUT2D eigenvalue weighted by molar-refractivity contribution is 7.92. The molecule has 1 aliphatic heterocycles. The molecule has 0 aromatic heterocycles. The third-order valence-electron chi connectivity index (χ3n) is 4.54. The molecule has 1 heterocycles. The van der Waals surface area contributed by atoms with E-state index in [1.54, 1.807) is 30.0 Å². The molecule has 0 spiro atoms. The van der Waals surface area contributed by atoms with Crippen LogP contribution < -0.4 is 9.46 Å². The molecule has 1 saturated heterocycles. The number of anilines is 1. The zero-order valence-electron chi connectivity index (χ0n) is 15.2. The number of benzene rings is 2. The Morgan fingerprint density at radius 2 is 1.85 bits per heavy atom. The van der Waals surface area contributed by atoms with Crippen molar-refractivity contribution in [1.29, 1.82) is 0 Å². The quantitative estimate of drug-likeness (QED) is 0.818. The predicted molar refractivity (Wildman–Crippen MR) is 105 cm³/mol. The van der Waals surface area contributed by atoms with Gasteiger partial charge in [-0.1, -0.05) is 11.6 Å². The van der Waals surface area contributed by atoms with Crippen molar-refractivity contribution in [3.63, 3.8) is 0 Å². The van der Waals surface area contributed by atoms with Crippen molar-refractivity contribution < 1.29 is 17.9 Å². The molecule has 8 heteroatoms. The van der Waals surface area contributed by atoms with Crippen molar-refractivity contribution in [3.05, 3.63) is 52.5 Å². The van der Waals surface area contributed by atoms with Gasteiger partial charge in [0.15, 0.2) is 0 Å². The van der Waals surface area contributed by atoms with E-state index in [0.29, 0.717) is 35.1 Å². The zero-order chi connectivity index (χ0) is 19.6. The van der Waals surface area contributed by atoms with Crippen molar-refractivity contribution in [2.24, 2.45) is 0 Å². The number of amides is 1. The summed E-state index contributed by atoms with van der Waals surface area (Å²) in [7, 11) is -2.41. The van der Waals surface area contributed by atoms with Gasteiger partial charge in [-0.05, 0) is 61.7 Å². The second kappa shape index (κ2) is 7.78. The number of hydrogen-bond donors (Lipinski definition) is 1. The lowest BCUT2D eigenvalue weighted by atomic mass is 10.1. The average molecular weight is 409 g/mol. The number of hydrogen-bond acceptors (Lipinski definition) is 4. The maximum Gasteiger partial charge on any atom is 0.261 e. The number of nitrogens with one attached hydrogen (secondary N) is 1. The number of nitrogens with zero attached hydrogens (tertiary/aromatic N) is 1. The van der Waals surface area contributed by atoms with Crippen molar-refractivity contribution in [1.82, 2.24) is 4.90 Å². The molecule has 0 unspecified atom stereocenters. The molecular formula is C19H21ClN2O4S. The molecule has 3 rings (SSSR count). The van der Waals surface area contributed by atoms with E-state index in [4.69, 9.17) is 16.3 Å². The Kier molecular flexibility index (Phi) is 5.62. The molecule has 0 radical (unpaired) electrons. The van der Waals surface area contributed by atoms with Crippen molar-refractivity contribution in [2.45, 2.75) is 24.7 Å². The van der Waals surface area contributed by atoms with Crippen LogP contribution in [0.3, 0.4) is 0 Å². The van der Waals surface area contributed by atoms with Gasteiger partial charge >= 0.3 is 0 Å². The Labute approximate surface area is 164 Å². The summed E-state index contributed by atoms with van der Waals surface area (Å²) >= 11 is 5.92. The number of methoxy groups -OCH3 is 1. The van der Waals surface area contributed by atoms with Crippen molar-refractivity contribution >= 4 is 33.2 Å². The largest absolute Gasteiger partial charge is 0.496 e. The first kappa shape index (κ1) is 19.5. The van der Waals surface area contributed by atoms with Crippen LogP contribution in [0.15, 0.2) is 41.3 Å². The molecule has 0 bridgehead atoms. The van der Waals surface area contributed by atoms with Gasteiger partial charge in [0.25, 0.3) is 15.9 Å². The number of rotatable bonds is 5. The van der Waals surface area contributed by atoms with E-state index < -0.39 is 10.0 Å². The van der Waals surface area contributed by atoms with Crippen LogP contribution in [0.5, 0.6) is 5.75 Å². The van der Waals surface area contributed by atoms with E-state index in [9.17, 15) is 13.2 Å². The predicted octanol–water partition coefficient (Wildman–Crippen LogP) is 3.69. The van der Waals surface area contributed by atoms with Crippen molar-refractivity contribution in [2.75, 3.05) is 24.9 Å². The number of carbonyl (C=O) groups excluding carboxylic acids is 1. The number of sulfonamides is 1. The van der Waals surface area contributed by atoms with Crippen LogP contribution in [0.2, 0.25) is 5.02 Å². The van der Waals surface area contributed by atoms with Gasteiger partial charge in [-0.15, -0.1) is 0 Å². The van der Waals surface area contributed by atoms with Gasteiger partial charge in [0.1, 0.15) is 5.75 Å². The van der Waals surface area contributed by atoms with Crippen molar-refractivity contribution in [3.8, 4) is 5.75 Å². The highest BCUT2D eigenvalue weighted by atomic mass is 35.5. The number of aryl methyl sites for hydroxylation is 1. The van der Waals surface area contributed by atoms with Gasteiger partial charge in [-0.2, -0.15) is 0 Å². The maximum absolute atomic E-state index is 12.8. The Bertz CT molecular complexity index is 970. The SMILES string of the molecule is COc1ccc(S(=O)(=O)Nc2ccc(Cl)cc2C)cc1C(=O)N1CCCC1. The van der Waals surface area contributed by atoms with Gasteiger partial charge in [0.05, 0.1) is 23.3 Å². The van der Waals surface area contributed by atoms with E-state index in [1.165, 1.54) is 25.3 Å². The van der Waals surface area contributed by atoms with E-state index in [1.807, 2.05) is 0 Å². The monoisotopic (exact) mass is 408 g/mol. The van der Waals surface area contributed by atoms with Gasteiger partial charge in [-0.25, -0.2) is 8.42 Å². The third kappa shape index (κ3) is 4.20. The highest BCUT2D eigenvalue weighted by Crippen LogP contribution is 2.28. The fraction of sp³-hybridized carbons (Fsp3) is 0.316. The van der Waals surface area contributed by atoms with Crippen LogP contribution in [-0.2, 0) is 10.0 Å². The topological polar surface area (TPSA) is 75.7 Å². The lowest BCUT2D eigenvalue weighted by molar-refractivity contribution is 0.0789. The summed E-state index contributed by atoms with van der Waals surface area (Å²) in [5, 5.41) is 0.526. The maximum atomic E-state index is 12.8. The average Bonchev–Trinajstić information content (AvgIpc) is 3.17. The molecule has 1 amide bonds. The van der Waals surface area contributed by atoms with E-state index in [0.717, 1.165) is 12.8 Å². The lowest BCUT2D eigenvalue weighted by Crippen LogP contribution is -2.28. The van der Waals surface area contributed by atoms with Crippen LogP contribution in [0.25, 0.3) is 0 Å². The fourth-order valence-electron chi connectivity index (χ4n) is 3.06. The molecular weight excluding hydrogens is 388 g/mol. The number of ether oxygens (including phenoxy) is 1. The summed E-state index contributed by atoms with van der Waals surface area (Å²) < 4.78 is 33.5. The molecule has 1 fully saturated rings. The number of likely N-dealkylation sites (tertiary alicyclic amines) is 1. The minimum absolute atomic E-state index is 0.000182. The third-order valence-corrected chi connectivity index (χ3v) is 6.14. The lowest BCUT2D eigenvalue weighted by Gasteiger charge is -2.18. The first-order valence-electron chi connectivity index (χ1n) is 8.58. The Balaban J connectivity index is 1.95. The summed E-state index contributed by atoms with van der Waals surface area (Å²) in [4.78, 5) is 14.5. The molecule has 0 saturated carbocycles. The molecule has 0 aliphatic carbocycles. The molecule has 6 nitrogen and oxygen atoms in total. The zero-order valence-corrected chi connectivity index (χ0v) is 16.7. The molecule has 144 valence electrons. The number of halogens is 1. The molecule has 1 N–H and O–H groups in total. The van der Waals surface area contributed by atoms with Gasteiger partial charge < -0.3 is 9.64 Å². The smallest absolute Gasteiger partial charge is 0.261 e. The van der Waals surface area contributed by atoms with Gasteiger partial charge in [-0.3, -0.25) is 9.52 Å². The normalized spacial score (nSPS) is 14.3. The molecule has 27 heavy (non-hydrogen) atoms. The molecule has 1 aliphatic rings. The van der Waals surface area contributed by atoms with E-state index in [2.05, 4.69) is 4.72 Å². The molecule has 2 aromatic rings. The van der Waals surface area contributed by atoms with Crippen LogP contribution in [0, 0.1) is 6.92 Å². The Morgan fingerprint density at radius 1 is 1.15 bits per heavy atom. The minimum atomic E-state index is -3.87. The summed E-state index contributed by atoms with van der Waals surface area (Å²) in [5.41, 5.74) is 1.38. The summed E-state index contributed by atoms with van der Waals surface area (Å²) in [6, 6.07) is 9.19. The van der Waals surface area contributed by atoms with Crippen LogP contribution in [0.4, 0.5) is 5.69 Å². The fourth-order valence-corrected chi connectivity index (χ4v) is 4.44. The summed E-state index contributed by atoms with van der Waals surface area (Å²) in [5.74, 6) is 0.137. The molecule has 0 atom stereocenters. The second-order valence-electron chi connectivity index (χ2n) is 6.43. The standard InChI is InChI=1S/C19H21ClN2O4S/c1-13-11-14(20)5-7-17(13)21-27(24,25)15-6-8-18(26-2)16(12-15)19(23)22-9-3-4-10-22/h5-8,11-12,21H,3-4,9-10H2,1-2H3. The van der Waals surface area contributed by atoms with Crippen LogP contribution in [-0.4, -0.2) is 39.4 Å². The first-order chi connectivity index (χ1) is 12.8. The summed E-state index contributed by atoms with van der Waals surface area (Å²) in [6.07, 6.45) is 1.90. The number of carbonyl (C=O) groups is 1. The van der Waals surface area contributed by atoms with Gasteiger partial charge in [0.2, 0.25) is 0 Å². The minimum Gasteiger partial charge on any atom is -0.496 e. The first-order valence-corrected chi connectivity index (χ1v) is 10.4. The van der Waals surface area contributed by atoms with Gasteiger partial charge in [0, 0.05) is 18.1 Å². The highest BCUT2D eigenvalue weighted by Gasteiger charge is 2.25. The van der Waals surface area contributed by atoms with E-state index in [-0.39, 0.29) is 16.4 Å². The van der Waals surface area contributed by atoms with Crippen LogP contribution in [0.1, 0.15) is 28.8 Å². The van der Waals surface area contributed by atoms with E-state index >= 15 is 0 Å². The second-order valence-corrected chi connectivity index (χ2v) is 8.54. The molecule has 2 aromatic carbocycles.